The molecule has 1 aliphatic heterocycles. The molecular weight excluding hydrogens is 342 g/mol. The molecule has 2 N–H and O–H groups in total. The molecule has 6 heteroatoms. The summed E-state index contributed by atoms with van der Waals surface area (Å²) in [7, 11) is 0. The van der Waals surface area contributed by atoms with Crippen LogP contribution in [0.1, 0.15) is 36.9 Å². The molecule has 1 fully saturated rings. The molecule has 0 aliphatic carbocycles. The number of carbonyl (C=O) groups excluding carboxylic acids is 3. The lowest BCUT2D eigenvalue weighted by Gasteiger charge is -2.21. The number of para-hydroxylation sites is 1. The largest absolute Gasteiger partial charge is 0.326 e. The van der Waals surface area contributed by atoms with Crippen LogP contribution < -0.4 is 10.6 Å². The quantitative estimate of drug-likeness (QED) is 0.770. The molecule has 0 saturated carbocycles. The normalized spacial score (nSPS) is 17.6. The highest BCUT2D eigenvalue weighted by Gasteiger charge is 2.40. The summed E-state index contributed by atoms with van der Waals surface area (Å²) in [6, 6.07) is 15.5. The molecule has 4 amide bonds. The average molecular weight is 365 g/mol. The zero-order valence-corrected chi connectivity index (χ0v) is 15.4. The van der Waals surface area contributed by atoms with Crippen molar-refractivity contribution in [3.05, 3.63) is 65.7 Å². The molecule has 0 radical (unpaired) electrons. The molecule has 2 aromatic rings. The predicted octanol–water partition coefficient (Wildman–Crippen LogP) is 3.40. The van der Waals surface area contributed by atoms with Crippen LogP contribution in [0.5, 0.6) is 0 Å². The van der Waals surface area contributed by atoms with E-state index in [4.69, 9.17) is 0 Å². The summed E-state index contributed by atoms with van der Waals surface area (Å²) >= 11 is 0. The van der Waals surface area contributed by atoms with Gasteiger partial charge in [-0.1, -0.05) is 48.5 Å². The molecule has 1 saturated heterocycles. The number of nitrogens with zero attached hydrogens (tertiary/aromatic N) is 1. The fraction of sp³-hybridized carbons (Fsp3) is 0.286. The number of anilines is 1. The summed E-state index contributed by atoms with van der Waals surface area (Å²) < 4.78 is 0. The molecule has 1 aliphatic rings. The van der Waals surface area contributed by atoms with E-state index in [0.29, 0.717) is 0 Å². The molecule has 2 aromatic carbocycles. The van der Waals surface area contributed by atoms with Gasteiger partial charge in [-0.3, -0.25) is 14.5 Å². The molecule has 6 nitrogen and oxygen atoms in total. The Morgan fingerprint density at radius 2 is 1.78 bits per heavy atom. The second-order valence-corrected chi connectivity index (χ2v) is 6.70. The van der Waals surface area contributed by atoms with Gasteiger partial charge < -0.3 is 10.6 Å². The predicted molar refractivity (Wildman–Crippen MR) is 103 cm³/mol. The van der Waals surface area contributed by atoms with Gasteiger partial charge in [0.1, 0.15) is 6.04 Å². The Morgan fingerprint density at radius 1 is 1.11 bits per heavy atom. The number of imide groups is 1. The van der Waals surface area contributed by atoms with Gasteiger partial charge in [0.25, 0.3) is 5.91 Å². The number of carbonyl (C=O) groups is 3. The lowest BCUT2D eigenvalue weighted by molar-refractivity contribution is -0.129. The Kier molecular flexibility index (Phi) is 5.54. The lowest BCUT2D eigenvalue weighted by atomic mass is 10.1. The van der Waals surface area contributed by atoms with E-state index >= 15 is 0 Å². The Hall–Kier alpha value is -3.15. The second-order valence-electron chi connectivity index (χ2n) is 6.70. The Balaban J connectivity index is 1.59. The van der Waals surface area contributed by atoms with Crippen LogP contribution in [0, 0.1) is 6.92 Å². The number of benzene rings is 2. The van der Waals surface area contributed by atoms with Crippen LogP contribution in [-0.4, -0.2) is 28.8 Å². The van der Waals surface area contributed by atoms with E-state index in [0.717, 1.165) is 16.8 Å². The van der Waals surface area contributed by atoms with Gasteiger partial charge in [-0.15, -0.1) is 0 Å². The number of urea groups is 1. The molecule has 140 valence electrons. The number of amides is 4. The highest BCUT2D eigenvalue weighted by atomic mass is 16.2. The number of aryl methyl sites for hydroxylation is 1. The van der Waals surface area contributed by atoms with Crippen LogP contribution in [0.25, 0.3) is 0 Å². The molecule has 1 heterocycles. The first kappa shape index (κ1) is 18.6. The van der Waals surface area contributed by atoms with E-state index in [2.05, 4.69) is 10.6 Å². The van der Waals surface area contributed by atoms with Gasteiger partial charge in [-0.25, -0.2) is 4.79 Å². The number of rotatable bonds is 6. The summed E-state index contributed by atoms with van der Waals surface area (Å²) in [5.74, 6) is -0.471. The molecule has 3 rings (SSSR count). The van der Waals surface area contributed by atoms with E-state index in [1.807, 2.05) is 68.4 Å². The lowest BCUT2D eigenvalue weighted by Crippen LogP contribution is -2.34. The Morgan fingerprint density at radius 3 is 2.48 bits per heavy atom. The molecule has 27 heavy (non-hydrogen) atoms. The van der Waals surface area contributed by atoms with Gasteiger partial charge in [0, 0.05) is 12.1 Å². The molecule has 2 atom stereocenters. The SMILES string of the molecule is Cc1ccccc1NC(=O)CC[C@@H]1NC(=O)N([C@@H](C)c2ccccc2)C1=O. The maximum Gasteiger partial charge on any atom is 0.325 e. The first-order valence-corrected chi connectivity index (χ1v) is 9.01. The van der Waals surface area contributed by atoms with Crippen molar-refractivity contribution in [1.82, 2.24) is 10.2 Å². The fourth-order valence-corrected chi connectivity index (χ4v) is 3.19. The maximum atomic E-state index is 12.7. The van der Waals surface area contributed by atoms with Crippen molar-refractivity contribution in [2.24, 2.45) is 0 Å². The minimum absolute atomic E-state index is 0.151. The molecule has 0 spiro atoms. The van der Waals surface area contributed by atoms with Gasteiger partial charge in [0.05, 0.1) is 6.04 Å². The minimum Gasteiger partial charge on any atom is -0.326 e. The van der Waals surface area contributed by atoms with Crippen LogP contribution in [0.2, 0.25) is 0 Å². The van der Waals surface area contributed by atoms with Crippen LogP contribution in [0.15, 0.2) is 54.6 Å². The second kappa shape index (κ2) is 8.03. The van der Waals surface area contributed by atoms with Crippen molar-refractivity contribution < 1.29 is 14.4 Å². The number of hydrogen-bond acceptors (Lipinski definition) is 3. The van der Waals surface area contributed by atoms with Gasteiger partial charge in [-0.2, -0.15) is 0 Å². The topological polar surface area (TPSA) is 78.5 Å². The van der Waals surface area contributed by atoms with Crippen molar-refractivity contribution in [2.45, 2.75) is 38.8 Å². The summed E-state index contributed by atoms with van der Waals surface area (Å²) in [6.07, 6.45) is 0.416. The average Bonchev–Trinajstić information content (AvgIpc) is 2.95. The van der Waals surface area contributed by atoms with Crippen molar-refractivity contribution in [2.75, 3.05) is 5.32 Å². The number of hydrogen-bond donors (Lipinski definition) is 2. The zero-order valence-electron chi connectivity index (χ0n) is 15.4. The van der Waals surface area contributed by atoms with Crippen LogP contribution in [0.4, 0.5) is 10.5 Å². The van der Waals surface area contributed by atoms with Crippen LogP contribution >= 0.6 is 0 Å². The minimum atomic E-state index is -0.675. The maximum absolute atomic E-state index is 12.7. The van der Waals surface area contributed by atoms with Crippen LogP contribution in [0.3, 0.4) is 0 Å². The molecular formula is C21H23N3O3. The fourth-order valence-electron chi connectivity index (χ4n) is 3.19. The standard InChI is InChI=1S/C21H23N3O3/c1-14-8-6-7-11-17(14)22-19(25)13-12-18-20(26)24(21(27)23-18)15(2)16-9-4-3-5-10-16/h3-11,15,18H,12-13H2,1-2H3,(H,22,25)(H,23,27)/t15-,18-/m0/s1. The first-order chi connectivity index (χ1) is 13.0. The van der Waals surface area contributed by atoms with E-state index in [-0.39, 0.29) is 30.7 Å². The van der Waals surface area contributed by atoms with Crippen molar-refractivity contribution >= 4 is 23.5 Å². The summed E-state index contributed by atoms with van der Waals surface area (Å²) in [4.78, 5) is 38.4. The Labute approximate surface area is 158 Å². The molecule has 0 aromatic heterocycles. The van der Waals surface area contributed by atoms with E-state index in [1.165, 1.54) is 4.90 Å². The first-order valence-electron chi connectivity index (χ1n) is 9.01. The number of nitrogens with one attached hydrogen (secondary N) is 2. The monoisotopic (exact) mass is 365 g/mol. The third kappa shape index (κ3) is 4.16. The van der Waals surface area contributed by atoms with Crippen molar-refractivity contribution in [3.8, 4) is 0 Å². The summed E-state index contributed by atoms with van der Waals surface area (Å²) in [5, 5.41) is 5.54. The van der Waals surface area contributed by atoms with Crippen LogP contribution in [-0.2, 0) is 9.59 Å². The Bertz CT molecular complexity index is 851. The van der Waals surface area contributed by atoms with E-state index in [1.54, 1.807) is 0 Å². The van der Waals surface area contributed by atoms with E-state index < -0.39 is 12.1 Å². The highest BCUT2D eigenvalue weighted by Crippen LogP contribution is 2.25. The molecule has 0 unspecified atom stereocenters. The summed E-state index contributed by atoms with van der Waals surface area (Å²) in [6.45, 7) is 3.74. The van der Waals surface area contributed by atoms with Crippen molar-refractivity contribution in [1.29, 1.82) is 0 Å². The summed E-state index contributed by atoms with van der Waals surface area (Å²) in [5.41, 5.74) is 2.61. The van der Waals surface area contributed by atoms with Gasteiger partial charge in [0.15, 0.2) is 0 Å². The van der Waals surface area contributed by atoms with E-state index in [9.17, 15) is 14.4 Å². The highest BCUT2D eigenvalue weighted by molar-refractivity contribution is 6.05. The smallest absolute Gasteiger partial charge is 0.325 e. The zero-order chi connectivity index (χ0) is 19.4. The van der Waals surface area contributed by atoms with Gasteiger partial charge >= 0.3 is 6.03 Å². The molecule has 0 bridgehead atoms. The van der Waals surface area contributed by atoms with Crippen molar-refractivity contribution in [3.63, 3.8) is 0 Å². The third-order valence-corrected chi connectivity index (χ3v) is 4.80. The van der Waals surface area contributed by atoms with Gasteiger partial charge in [0.2, 0.25) is 5.91 Å². The third-order valence-electron chi connectivity index (χ3n) is 4.80. The van der Waals surface area contributed by atoms with Gasteiger partial charge in [-0.05, 0) is 37.5 Å².